The van der Waals surface area contributed by atoms with Crippen molar-refractivity contribution in [2.75, 3.05) is 37.0 Å². The van der Waals surface area contributed by atoms with E-state index >= 15 is 0 Å². The van der Waals surface area contributed by atoms with Gasteiger partial charge in [-0.3, -0.25) is 0 Å². The van der Waals surface area contributed by atoms with Crippen molar-refractivity contribution >= 4 is 29.3 Å². The Morgan fingerprint density at radius 3 is 2.57 bits per heavy atom. The quantitative estimate of drug-likeness (QED) is 0.504. The first-order chi connectivity index (χ1) is 17.1. The van der Waals surface area contributed by atoms with Gasteiger partial charge in [0.1, 0.15) is 0 Å². The number of urea groups is 1. The monoisotopic (exact) mass is 493 g/mol. The van der Waals surface area contributed by atoms with E-state index in [1.54, 1.807) is 30.2 Å². The molecule has 2 aliphatic heterocycles. The molecule has 0 aliphatic carbocycles. The van der Waals surface area contributed by atoms with Crippen LogP contribution in [-0.4, -0.2) is 47.6 Å². The average Bonchev–Trinajstić information content (AvgIpc) is 2.89. The maximum Gasteiger partial charge on any atom is 0.322 e. The Labute approximate surface area is 209 Å². The lowest BCUT2D eigenvalue weighted by atomic mass is 10.1. The molecule has 1 fully saturated rings. The summed E-state index contributed by atoms with van der Waals surface area (Å²) in [5.41, 5.74) is 2.37. The number of halogens is 1. The van der Waals surface area contributed by atoms with Crippen LogP contribution in [0.25, 0.3) is 0 Å². The summed E-state index contributed by atoms with van der Waals surface area (Å²) < 4.78 is 11.8. The number of aromatic nitrogens is 2. The predicted molar refractivity (Wildman–Crippen MR) is 136 cm³/mol. The summed E-state index contributed by atoms with van der Waals surface area (Å²) in [4.78, 5) is 26.7. The highest BCUT2D eigenvalue weighted by molar-refractivity contribution is 6.30. The summed E-state index contributed by atoms with van der Waals surface area (Å²) in [5, 5.41) is 3.49. The number of carbonyl (C=O) groups excluding carboxylic acids is 1. The van der Waals surface area contributed by atoms with Crippen molar-refractivity contribution < 1.29 is 14.3 Å². The van der Waals surface area contributed by atoms with Crippen LogP contribution in [0.4, 0.5) is 16.4 Å². The molecular weight excluding hydrogens is 466 g/mol. The van der Waals surface area contributed by atoms with Crippen molar-refractivity contribution in [3.8, 4) is 17.4 Å². The van der Waals surface area contributed by atoms with Crippen molar-refractivity contribution in [1.82, 2.24) is 14.9 Å². The Balaban J connectivity index is 1.45. The van der Waals surface area contributed by atoms with Gasteiger partial charge in [-0.05, 0) is 49.6 Å². The van der Waals surface area contributed by atoms with Crippen LogP contribution in [0.3, 0.4) is 0 Å². The molecule has 0 radical (unpaired) electrons. The zero-order valence-corrected chi connectivity index (χ0v) is 20.4. The molecule has 35 heavy (non-hydrogen) atoms. The van der Waals surface area contributed by atoms with Gasteiger partial charge in [0.2, 0.25) is 11.8 Å². The maximum absolute atomic E-state index is 13.0. The topological polar surface area (TPSA) is 79.8 Å². The van der Waals surface area contributed by atoms with Crippen LogP contribution < -0.4 is 19.7 Å². The molecule has 0 atom stereocenters. The molecule has 3 heterocycles. The summed E-state index contributed by atoms with van der Waals surface area (Å²) in [6.07, 6.45) is 4.09. The Hall–Kier alpha value is -3.52. The zero-order valence-electron chi connectivity index (χ0n) is 19.7. The van der Waals surface area contributed by atoms with Gasteiger partial charge in [-0.15, -0.1) is 0 Å². The van der Waals surface area contributed by atoms with Gasteiger partial charge in [0.05, 0.1) is 24.9 Å². The van der Waals surface area contributed by atoms with Gasteiger partial charge in [-0.1, -0.05) is 29.8 Å². The van der Waals surface area contributed by atoms with Gasteiger partial charge in [-0.2, -0.15) is 4.98 Å². The van der Waals surface area contributed by atoms with Gasteiger partial charge < -0.3 is 24.6 Å². The third-order valence-corrected chi connectivity index (χ3v) is 6.52. The number of para-hydroxylation sites is 2. The standard InChI is InChI=1S/C26H28ClN5O3/c1-34-22-10-3-4-11-23(22)35-24-20-17-32(26(33)28-19-9-7-8-18(27)16-19)15-12-21(20)29-25(30-24)31-13-5-2-6-14-31/h3-4,7-11,16H,2,5-6,12-15,17H2,1H3,(H,28,33). The number of fused-ring (bicyclic) bond motifs is 1. The van der Waals surface area contributed by atoms with E-state index in [9.17, 15) is 4.79 Å². The third-order valence-electron chi connectivity index (χ3n) is 6.29. The SMILES string of the molecule is COc1ccccc1Oc1nc(N2CCCCC2)nc2c1CN(C(=O)Nc1cccc(Cl)c1)CC2. The van der Waals surface area contributed by atoms with E-state index in [0.717, 1.165) is 37.2 Å². The Morgan fingerprint density at radius 2 is 1.80 bits per heavy atom. The van der Waals surface area contributed by atoms with Gasteiger partial charge in [-0.25, -0.2) is 9.78 Å². The van der Waals surface area contributed by atoms with Gasteiger partial charge in [0, 0.05) is 36.8 Å². The lowest BCUT2D eigenvalue weighted by molar-refractivity contribution is 0.205. The second-order valence-corrected chi connectivity index (χ2v) is 9.10. The van der Waals surface area contributed by atoms with Gasteiger partial charge in [0.15, 0.2) is 11.5 Å². The van der Waals surface area contributed by atoms with Crippen molar-refractivity contribution in [1.29, 1.82) is 0 Å². The van der Waals surface area contributed by atoms with E-state index in [0.29, 0.717) is 53.5 Å². The molecular formula is C26H28ClN5O3. The van der Waals surface area contributed by atoms with Crippen LogP contribution >= 0.6 is 11.6 Å². The zero-order chi connectivity index (χ0) is 24.2. The smallest absolute Gasteiger partial charge is 0.322 e. The number of hydrogen-bond donors (Lipinski definition) is 1. The molecule has 3 aromatic rings. The van der Waals surface area contributed by atoms with E-state index in [1.807, 2.05) is 30.3 Å². The first-order valence-electron chi connectivity index (χ1n) is 11.9. The van der Waals surface area contributed by atoms with Crippen molar-refractivity contribution in [3.05, 3.63) is 64.8 Å². The summed E-state index contributed by atoms with van der Waals surface area (Å²) >= 11 is 6.07. The first-order valence-corrected chi connectivity index (χ1v) is 12.3. The number of piperidine rings is 1. The molecule has 5 rings (SSSR count). The van der Waals surface area contributed by atoms with E-state index < -0.39 is 0 Å². The number of nitrogens with zero attached hydrogens (tertiary/aromatic N) is 4. The number of anilines is 2. The minimum absolute atomic E-state index is 0.207. The number of benzene rings is 2. The minimum atomic E-state index is -0.207. The Kier molecular flexibility index (Phi) is 6.90. The van der Waals surface area contributed by atoms with E-state index in [2.05, 4.69) is 10.2 Å². The fourth-order valence-electron chi connectivity index (χ4n) is 4.44. The molecule has 2 amide bonds. The van der Waals surface area contributed by atoms with Crippen LogP contribution in [0.1, 0.15) is 30.5 Å². The predicted octanol–water partition coefficient (Wildman–Crippen LogP) is 5.51. The molecule has 0 spiro atoms. The fourth-order valence-corrected chi connectivity index (χ4v) is 4.63. The molecule has 2 aromatic carbocycles. The molecule has 8 nitrogen and oxygen atoms in total. The summed E-state index contributed by atoms with van der Waals surface area (Å²) in [5.74, 6) is 2.33. The summed E-state index contributed by atoms with van der Waals surface area (Å²) in [7, 11) is 1.61. The van der Waals surface area contributed by atoms with Crippen molar-refractivity contribution in [2.24, 2.45) is 0 Å². The molecule has 0 saturated carbocycles. The number of rotatable bonds is 5. The van der Waals surface area contributed by atoms with E-state index in [1.165, 1.54) is 6.42 Å². The number of nitrogens with one attached hydrogen (secondary N) is 1. The Morgan fingerprint density at radius 1 is 1.00 bits per heavy atom. The van der Waals surface area contributed by atoms with E-state index in [-0.39, 0.29) is 6.03 Å². The summed E-state index contributed by atoms with van der Waals surface area (Å²) in [6, 6.07) is 14.4. The lowest BCUT2D eigenvalue weighted by Crippen LogP contribution is -2.40. The minimum Gasteiger partial charge on any atom is -0.493 e. The first kappa shape index (κ1) is 23.2. The second kappa shape index (κ2) is 10.4. The average molecular weight is 494 g/mol. The highest BCUT2D eigenvalue weighted by atomic mass is 35.5. The van der Waals surface area contributed by atoms with Gasteiger partial charge >= 0.3 is 6.03 Å². The number of carbonyl (C=O) groups is 1. The van der Waals surface area contributed by atoms with Crippen LogP contribution in [0.5, 0.6) is 17.4 Å². The molecule has 1 N–H and O–H groups in total. The largest absolute Gasteiger partial charge is 0.493 e. The molecule has 1 aromatic heterocycles. The molecule has 9 heteroatoms. The molecule has 182 valence electrons. The molecule has 1 saturated heterocycles. The van der Waals surface area contributed by atoms with Crippen LogP contribution in [-0.2, 0) is 13.0 Å². The van der Waals surface area contributed by atoms with Gasteiger partial charge in [0.25, 0.3) is 0 Å². The number of methoxy groups -OCH3 is 1. The number of hydrogen-bond acceptors (Lipinski definition) is 6. The number of ether oxygens (including phenoxy) is 2. The number of amides is 2. The Bertz CT molecular complexity index is 1220. The normalized spacial score (nSPS) is 15.4. The fraction of sp³-hybridized carbons (Fsp3) is 0.346. The van der Waals surface area contributed by atoms with Crippen molar-refractivity contribution in [2.45, 2.75) is 32.2 Å². The van der Waals surface area contributed by atoms with Crippen molar-refractivity contribution in [3.63, 3.8) is 0 Å². The second-order valence-electron chi connectivity index (χ2n) is 8.67. The third kappa shape index (κ3) is 5.27. The summed E-state index contributed by atoms with van der Waals surface area (Å²) in [6.45, 7) is 2.75. The lowest BCUT2D eigenvalue weighted by Gasteiger charge is -2.32. The highest BCUT2D eigenvalue weighted by Crippen LogP contribution is 2.36. The van der Waals surface area contributed by atoms with Crippen LogP contribution in [0.2, 0.25) is 5.02 Å². The maximum atomic E-state index is 13.0. The highest BCUT2D eigenvalue weighted by Gasteiger charge is 2.28. The van der Waals surface area contributed by atoms with Crippen LogP contribution in [0.15, 0.2) is 48.5 Å². The molecule has 2 aliphatic rings. The van der Waals surface area contributed by atoms with Crippen LogP contribution in [0, 0.1) is 0 Å². The molecule has 0 unspecified atom stereocenters. The molecule has 0 bridgehead atoms. The van der Waals surface area contributed by atoms with E-state index in [4.69, 9.17) is 31.0 Å².